The lowest BCUT2D eigenvalue weighted by Gasteiger charge is -2.11. The molecule has 0 amide bonds. The van der Waals surface area contributed by atoms with E-state index in [0.717, 1.165) is 15.8 Å². The summed E-state index contributed by atoms with van der Waals surface area (Å²) in [5, 5.41) is 0. The molecule has 0 heterocycles. The molecule has 0 saturated heterocycles. The Kier molecular flexibility index (Phi) is 5.22. The summed E-state index contributed by atoms with van der Waals surface area (Å²) in [6.45, 7) is 0.274. The van der Waals surface area contributed by atoms with Crippen LogP contribution < -0.4 is 9.47 Å². The predicted molar refractivity (Wildman–Crippen MR) is 82.8 cm³/mol. The van der Waals surface area contributed by atoms with E-state index in [4.69, 9.17) is 14.2 Å². The molecule has 0 atom stereocenters. The molecule has 5 heteroatoms. The van der Waals surface area contributed by atoms with Gasteiger partial charge in [0.05, 0.1) is 24.3 Å². The van der Waals surface area contributed by atoms with Crippen LogP contribution in [0.15, 0.2) is 46.9 Å². The topological polar surface area (TPSA) is 44.8 Å². The Labute approximate surface area is 131 Å². The maximum absolute atomic E-state index is 11.7. The van der Waals surface area contributed by atoms with E-state index in [0.29, 0.717) is 11.3 Å². The Morgan fingerprint density at radius 2 is 1.90 bits per heavy atom. The molecular formula is C16H15BrO4. The Hall–Kier alpha value is -2.01. The minimum absolute atomic E-state index is 0.274. The fraction of sp³-hybridized carbons (Fsp3) is 0.188. The van der Waals surface area contributed by atoms with Crippen LogP contribution in [0.2, 0.25) is 0 Å². The number of methoxy groups -OCH3 is 2. The van der Waals surface area contributed by atoms with Crippen LogP contribution in [0.4, 0.5) is 0 Å². The smallest absolute Gasteiger partial charge is 0.338 e. The van der Waals surface area contributed by atoms with Crippen LogP contribution in [-0.4, -0.2) is 20.2 Å². The van der Waals surface area contributed by atoms with Gasteiger partial charge in [-0.1, -0.05) is 18.2 Å². The minimum atomic E-state index is -0.372. The zero-order chi connectivity index (χ0) is 15.2. The van der Waals surface area contributed by atoms with Crippen LogP contribution >= 0.6 is 15.9 Å². The van der Waals surface area contributed by atoms with E-state index in [1.807, 2.05) is 30.3 Å². The summed E-state index contributed by atoms with van der Waals surface area (Å²) in [7, 11) is 2.97. The van der Waals surface area contributed by atoms with Crippen molar-refractivity contribution < 1.29 is 19.0 Å². The summed E-state index contributed by atoms with van der Waals surface area (Å²) in [5.74, 6) is 1.04. The Balaban J connectivity index is 2.15. The molecule has 0 radical (unpaired) electrons. The molecule has 0 spiro atoms. The molecule has 0 N–H and O–H groups in total. The average Bonchev–Trinajstić information content (AvgIpc) is 2.53. The van der Waals surface area contributed by atoms with E-state index in [-0.39, 0.29) is 12.6 Å². The number of ether oxygens (including phenoxy) is 3. The lowest BCUT2D eigenvalue weighted by Crippen LogP contribution is -2.07. The molecule has 110 valence electrons. The van der Waals surface area contributed by atoms with Gasteiger partial charge in [-0.2, -0.15) is 0 Å². The largest absolute Gasteiger partial charge is 0.497 e. The lowest BCUT2D eigenvalue weighted by molar-refractivity contribution is 0.0597. The summed E-state index contributed by atoms with van der Waals surface area (Å²) >= 11 is 3.43. The maximum atomic E-state index is 11.7. The van der Waals surface area contributed by atoms with Crippen LogP contribution in [0.25, 0.3) is 0 Å². The SMILES string of the molecule is COC(=O)c1ccccc1COc1ccc(OC)cc1Br. The average molecular weight is 351 g/mol. The Bertz CT molecular complexity index is 640. The molecule has 2 aromatic rings. The molecule has 4 nitrogen and oxygen atoms in total. The molecule has 21 heavy (non-hydrogen) atoms. The zero-order valence-electron chi connectivity index (χ0n) is 11.8. The fourth-order valence-corrected chi connectivity index (χ4v) is 2.31. The summed E-state index contributed by atoms with van der Waals surface area (Å²) in [6.07, 6.45) is 0. The van der Waals surface area contributed by atoms with Crippen molar-refractivity contribution in [3.05, 3.63) is 58.1 Å². The van der Waals surface area contributed by atoms with Crippen molar-refractivity contribution in [2.75, 3.05) is 14.2 Å². The molecule has 0 aliphatic heterocycles. The highest BCUT2D eigenvalue weighted by atomic mass is 79.9. The van der Waals surface area contributed by atoms with Crippen LogP contribution in [0.1, 0.15) is 15.9 Å². The number of benzene rings is 2. The first kappa shape index (κ1) is 15.4. The zero-order valence-corrected chi connectivity index (χ0v) is 13.3. The molecule has 0 aliphatic carbocycles. The van der Waals surface area contributed by atoms with E-state index in [1.165, 1.54) is 7.11 Å². The summed E-state index contributed by atoms with van der Waals surface area (Å²) in [5.41, 5.74) is 1.27. The standard InChI is InChI=1S/C16H15BrO4/c1-19-12-7-8-15(14(17)9-12)21-10-11-5-3-4-6-13(11)16(18)20-2/h3-9H,10H2,1-2H3. The molecule has 2 rings (SSSR count). The van der Waals surface area contributed by atoms with Gasteiger partial charge in [0.15, 0.2) is 0 Å². The molecule has 0 aromatic heterocycles. The molecule has 0 aliphatic rings. The first-order valence-electron chi connectivity index (χ1n) is 6.28. The molecular weight excluding hydrogens is 336 g/mol. The lowest BCUT2D eigenvalue weighted by atomic mass is 10.1. The first-order chi connectivity index (χ1) is 10.2. The Morgan fingerprint density at radius 3 is 2.57 bits per heavy atom. The van der Waals surface area contributed by atoms with Crippen LogP contribution in [0.3, 0.4) is 0 Å². The van der Waals surface area contributed by atoms with Crippen molar-refractivity contribution in [2.45, 2.75) is 6.61 Å². The normalized spacial score (nSPS) is 10.0. The number of halogens is 1. The van der Waals surface area contributed by atoms with E-state index in [9.17, 15) is 4.79 Å². The van der Waals surface area contributed by atoms with Crippen molar-refractivity contribution in [3.63, 3.8) is 0 Å². The molecule has 0 saturated carbocycles. The van der Waals surface area contributed by atoms with Crippen molar-refractivity contribution in [3.8, 4) is 11.5 Å². The summed E-state index contributed by atoms with van der Waals surface area (Å²) in [4.78, 5) is 11.7. The Morgan fingerprint density at radius 1 is 1.14 bits per heavy atom. The number of hydrogen-bond donors (Lipinski definition) is 0. The van der Waals surface area contributed by atoms with Crippen molar-refractivity contribution in [2.24, 2.45) is 0 Å². The monoisotopic (exact) mass is 350 g/mol. The summed E-state index contributed by atoms with van der Waals surface area (Å²) in [6, 6.07) is 12.6. The number of rotatable bonds is 5. The molecule has 0 bridgehead atoms. The van der Waals surface area contributed by atoms with Crippen LogP contribution in [0, 0.1) is 0 Å². The summed E-state index contributed by atoms with van der Waals surface area (Å²) < 4.78 is 16.4. The van der Waals surface area contributed by atoms with Gasteiger partial charge in [-0.3, -0.25) is 0 Å². The molecule has 0 unspecified atom stereocenters. The van der Waals surface area contributed by atoms with E-state index in [2.05, 4.69) is 15.9 Å². The second kappa shape index (κ2) is 7.13. The number of esters is 1. The number of carbonyl (C=O) groups is 1. The second-order valence-electron chi connectivity index (χ2n) is 4.23. The van der Waals surface area contributed by atoms with Gasteiger partial charge in [-0.25, -0.2) is 4.79 Å². The third-order valence-electron chi connectivity index (χ3n) is 2.94. The first-order valence-corrected chi connectivity index (χ1v) is 7.07. The second-order valence-corrected chi connectivity index (χ2v) is 5.09. The van der Waals surface area contributed by atoms with Gasteiger partial charge in [0.2, 0.25) is 0 Å². The predicted octanol–water partition coefficient (Wildman–Crippen LogP) is 3.82. The van der Waals surface area contributed by atoms with Gasteiger partial charge in [0.1, 0.15) is 18.1 Å². The number of carbonyl (C=O) groups excluding carboxylic acids is 1. The van der Waals surface area contributed by atoms with Crippen molar-refractivity contribution in [1.82, 2.24) is 0 Å². The van der Waals surface area contributed by atoms with Gasteiger partial charge in [0.25, 0.3) is 0 Å². The van der Waals surface area contributed by atoms with E-state index in [1.54, 1.807) is 19.2 Å². The third kappa shape index (κ3) is 3.76. The third-order valence-corrected chi connectivity index (χ3v) is 3.56. The number of hydrogen-bond acceptors (Lipinski definition) is 4. The van der Waals surface area contributed by atoms with E-state index >= 15 is 0 Å². The minimum Gasteiger partial charge on any atom is -0.497 e. The quantitative estimate of drug-likeness (QED) is 0.769. The van der Waals surface area contributed by atoms with Gasteiger partial charge in [0, 0.05) is 5.56 Å². The van der Waals surface area contributed by atoms with Gasteiger partial charge >= 0.3 is 5.97 Å². The van der Waals surface area contributed by atoms with Gasteiger partial charge in [-0.05, 0) is 40.2 Å². The molecule has 0 fully saturated rings. The van der Waals surface area contributed by atoms with Crippen LogP contribution in [-0.2, 0) is 11.3 Å². The van der Waals surface area contributed by atoms with Crippen molar-refractivity contribution >= 4 is 21.9 Å². The fourth-order valence-electron chi connectivity index (χ4n) is 1.84. The van der Waals surface area contributed by atoms with Gasteiger partial charge in [-0.15, -0.1) is 0 Å². The van der Waals surface area contributed by atoms with E-state index < -0.39 is 0 Å². The van der Waals surface area contributed by atoms with Crippen molar-refractivity contribution in [1.29, 1.82) is 0 Å². The van der Waals surface area contributed by atoms with Gasteiger partial charge < -0.3 is 14.2 Å². The van der Waals surface area contributed by atoms with Crippen LogP contribution in [0.5, 0.6) is 11.5 Å². The highest BCUT2D eigenvalue weighted by molar-refractivity contribution is 9.10. The highest BCUT2D eigenvalue weighted by Gasteiger charge is 2.12. The highest BCUT2D eigenvalue weighted by Crippen LogP contribution is 2.30. The maximum Gasteiger partial charge on any atom is 0.338 e. The molecule has 2 aromatic carbocycles.